The molecule has 0 unspecified atom stereocenters. The molecule has 1 amide bonds. The Kier molecular flexibility index (Phi) is 5.43. The minimum absolute atomic E-state index is 0. The van der Waals surface area contributed by atoms with Crippen LogP contribution < -0.4 is 11.5 Å². The summed E-state index contributed by atoms with van der Waals surface area (Å²) in [6.45, 7) is 0. The first kappa shape index (κ1) is 14.0. The molecule has 15 heavy (non-hydrogen) atoms. The smallest absolute Gasteiger partial charge is 0.280 e. The van der Waals surface area contributed by atoms with Crippen LogP contribution in [0, 0.1) is 0 Å². The summed E-state index contributed by atoms with van der Waals surface area (Å²) in [6.07, 6.45) is 0. The van der Waals surface area contributed by atoms with Crippen molar-refractivity contribution in [3.05, 3.63) is 33.8 Å². The molecule has 0 saturated heterocycles. The maximum atomic E-state index is 11.3. The van der Waals surface area contributed by atoms with Gasteiger partial charge < -0.3 is 11.5 Å². The Labute approximate surface area is 103 Å². The fraction of sp³-hybridized carbons (Fsp3) is 0. The van der Waals surface area contributed by atoms with Gasteiger partial charge in [-0.25, -0.2) is 0 Å². The van der Waals surface area contributed by atoms with E-state index in [4.69, 9.17) is 34.7 Å². The van der Waals surface area contributed by atoms with Crippen molar-refractivity contribution in [1.29, 1.82) is 0 Å². The molecule has 1 aromatic rings. The lowest BCUT2D eigenvalue weighted by molar-refractivity contribution is 0.100. The molecule has 82 valence electrons. The third kappa shape index (κ3) is 4.38. The van der Waals surface area contributed by atoms with E-state index in [0.29, 0.717) is 10.0 Å². The highest BCUT2D eigenvalue weighted by Gasteiger charge is 2.06. The van der Waals surface area contributed by atoms with Crippen LogP contribution in [-0.4, -0.2) is 11.9 Å². The Balaban J connectivity index is 0.00000196. The maximum absolute atomic E-state index is 11.3. The van der Waals surface area contributed by atoms with Gasteiger partial charge in [0.15, 0.2) is 5.96 Å². The van der Waals surface area contributed by atoms with Crippen molar-refractivity contribution >= 4 is 47.5 Å². The number of carbonyl (C=O) groups excluding carboxylic acids is 1. The highest BCUT2D eigenvalue weighted by atomic mass is 35.5. The van der Waals surface area contributed by atoms with E-state index in [0.717, 1.165) is 0 Å². The van der Waals surface area contributed by atoms with Gasteiger partial charge in [0, 0.05) is 15.6 Å². The third-order valence-electron chi connectivity index (χ3n) is 1.34. The molecule has 1 aromatic carbocycles. The zero-order chi connectivity index (χ0) is 10.7. The number of carbonyl (C=O) groups is 1. The van der Waals surface area contributed by atoms with Crippen LogP contribution in [-0.2, 0) is 0 Å². The molecule has 0 saturated carbocycles. The van der Waals surface area contributed by atoms with Gasteiger partial charge in [-0.3, -0.25) is 4.79 Å². The van der Waals surface area contributed by atoms with Crippen molar-refractivity contribution in [3.8, 4) is 0 Å². The summed E-state index contributed by atoms with van der Waals surface area (Å²) in [5, 5.41) is 0.707. The summed E-state index contributed by atoms with van der Waals surface area (Å²) in [6, 6.07) is 4.37. The summed E-state index contributed by atoms with van der Waals surface area (Å²) in [5.74, 6) is -0.875. The molecule has 0 aliphatic carbocycles. The van der Waals surface area contributed by atoms with Crippen molar-refractivity contribution in [1.82, 2.24) is 0 Å². The predicted molar refractivity (Wildman–Crippen MR) is 63.9 cm³/mol. The van der Waals surface area contributed by atoms with E-state index >= 15 is 0 Å². The number of amides is 1. The number of aliphatic imine (C=N–C) groups is 1. The Morgan fingerprint density at radius 2 is 1.60 bits per heavy atom. The normalized spacial score (nSPS) is 8.93. The first-order chi connectivity index (χ1) is 6.49. The van der Waals surface area contributed by atoms with E-state index in [2.05, 4.69) is 4.99 Å². The fourth-order valence-electron chi connectivity index (χ4n) is 0.859. The van der Waals surface area contributed by atoms with E-state index in [1.807, 2.05) is 0 Å². The highest BCUT2D eigenvalue weighted by molar-refractivity contribution is 6.35. The van der Waals surface area contributed by atoms with Gasteiger partial charge in [0.2, 0.25) is 0 Å². The first-order valence-electron chi connectivity index (χ1n) is 3.59. The summed E-state index contributed by atoms with van der Waals surface area (Å²) in [4.78, 5) is 14.6. The molecule has 7 heteroatoms. The molecule has 4 nitrogen and oxygen atoms in total. The minimum Gasteiger partial charge on any atom is -0.370 e. The largest absolute Gasteiger partial charge is 0.370 e. The number of guanidine groups is 1. The standard InChI is InChI=1S/C8H7Cl2N3O.ClH/c9-5-1-4(2-6(10)3-5)7(14)13-8(11)12;/h1-3H,(H4,11,12,13,14);1H. The fourth-order valence-corrected chi connectivity index (χ4v) is 1.39. The molecule has 0 fully saturated rings. The van der Waals surface area contributed by atoms with Crippen LogP contribution in [0.15, 0.2) is 23.2 Å². The number of hydrogen-bond donors (Lipinski definition) is 2. The number of halogens is 3. The molecule has 0 heterocycles. The maximum Gasteiger partial charge on any atom is 0.280 e. The van der Waals surface area contributed by atoms with Crippen LogP contribution in [0.4, 0.5) is 0 Å². The first-order valence-corrected chi connectivity index (χ1v) is 4.34. The highest BCUT2D eigenvalue weighted by Crippen LogP contribution is 2.19. The lowest BCUT2D eigenvalue weighted by atomic mass is 10.2. The summed E-state index contributed by atoms with van der Waals surface area (Å²) >= 11 is 11.4. The Bertz CT molecular complexity index is 382. The number of benzene rings is 1. The van der Waals surface area contributed by atoms with Crippen molar-refractivity contribution < 1.29 is 4.79 Å². The average Bonchev–Trinajstić information content (AvgIpc) is 2.00. The van der Waals surface area contributed by atoms with E-state index < -0.39 is 5.91 Å². The lowest BCUT2D eigenvalue weighted by Gasteiger charge is -1.98. The zero-order valence-corrected chi connectivity index (χ0v) is 9.73. The van der Waals surface area contributed by atoms with Gasteiger partial charge in [0.05, 0.1) is 0 Å². The van der Waals surface area contributed by atoms with Gasteiger partial charge >= 0.3 is 0 Å². The van der Waals surface area contributed by atoms with Crippen molar-refractivity contribution in [2.24, 2.45) is 16.5 Å². The summed E-state index contributed by atoms with van der Waals surface area (Å²) in [5.41, 5.74) is 10.3. The van der Waals surface area contributed by atoms with E-state index in [1.54, 1.807) is 0 Å². The third-order valence-corrected chi connectivity index (χ3v) is 1.78. The van der Waals surface area contributed by atoms with Gasteiger partial charge in [-0.15, -0.1) is 12.4 Å². The molecule has 0 atom stereocenters. The summed E-state index contributed by atoms with van der Waals surface area (Å²) in [7, 11) is 0. The SMILES string of the molecule is Cl.NC(N)=NC(=O)c1cc(Cl)cc(Cl)c1. The molecule has 0 aliphatic heterocycles. The Hall–Kier alpha value is -0.970. The van der Waals surface area contributed by atoms with E-state index in [-0.39, 0.29) is 23.9 Å². The van der Waals surface area contributed by atoms with Crippen molar-refractivity contribution in [3.63, 3.8) is 0 Å². The molecule has 4 N–H and O–H groups in total. The van der Waals surface area contributed by atoms with Crippen molar-refractivity contribution in [2.45, 2.75) is 0 Å². The van der Waals surface area contributed by atoms with Gasteiger partial charge in [-0.05, 0) is 18.2 Å². The molecule has 1 rings (SSSR count). The molecule has 0 radical (unpaired) electrons. The second-order valence-corrected chi connectivity index (χ2v) is 3.37. The van der Waals surface area contributed by atoms with Crippen molar-refractivity contribution in [2.75, 3.05) is 0 Å². The van der Waals surface area contributed by atoms with Crippen LogP contribution in [0.3, 0.4) is 0 Å². The molecular weight excluding hydrogens is 260 g/mol. The lowest BCUT2D eigenvalue weighted by Crippen LogP contribution is -2.24. The quantitative estimate of drug-likeness (QED) is 0.602. The second-order valence-electron chi connectivity index (χ2n) is 2.50. The van der Waals surface area contributed by atoms with Crippen LogP contribution >= 0.6 is 35.6 Å². The number of rotatable bonds is 1. The molecule has 0 spiro atoms. The van der Waals surface area contributed by atoms with Gasteiger partial charge in [-0.2, -0.15) is 4.99 Å². The molecule has 0 bridgehead atoms. The van der Waals surface area contributed by atoms with Crippen LogP contribution in [0.1, 0.15) is 10.4 Å². The predicted octanol–water partition coefficient (Wildman–Crippen LogP) is 1.83. The monoisotopic (exact) mass is 267 g/mol. The Morgan fingerprint density at radius 3 is 2.00 bits per heavy atom. The van der Waals surface area contributed by atoms with Crippen LogP contribution in [0.5, 0.6) is 0 Å². The number of nitrogens with zero attached hydrogens (tertiary/aromatic N) is 1. The minimum atomic E-state index is -0.575. The Morgan fingerprint density at radius 1 is 1.13 bits per heavy atom. The number of nitrogens with two attached hydrogens (primary N) is 2. The second kappa shape index (κ2) is 5.80. The number of hydrogen-bond acceptors (Lipinski definition) is 1. The van der Waals surface area contributed by atoms with Gasteiger partial charge in [0.25, 0.3) is 5.91 Å². The summed E-state index contributed by atoms with van der Waals surface area (Å²) < 4.78 is 0. The average molecular weight is 269 g/mol. The zero-order valence-electron chi connectivity index (χ0n) is 7.41. The van der Waals surface area contributed by atoms with E-state index in [9.17, 15) is 4.79 Å². The van der Waals surface area contributed by atoms with E-state index in [1.165, 1.54) is 18.2 Å². The van der Waals surface area contributed by atoms with Crippen LogP contribution in [0.25, 0.3) is 0 Å². The van der Waals surface area contributed by atoms with Gasteiger partial charge in [-0.1, -0.05) is 23.2 Å². The van der Waals surface area contributed by atoms with Crippen LogP contribution in [0.2, 0.25) is 10.0 Å². The topological polar surface area (TPSA) is 81.5 Å². The molecule has 0 aromatic heterocycles. The van der Waals surface area contributed by atoms with Gasteiger partial charge in [0.1, 0.15) is 0 Å². The molecular formula is C8H8Cl3N3O. The molecule has 0 aliphatic rings.